The lowest BCUT2D eigenvalue weighted by Crippen LogP contribution is -2.05. The zero-order valence-electron chi connectivity index (χ0n) is 17.2. The number of hydrogen-bond donors (Lipinski definition) is 2. The lowest BCUT2D eigenvalue weighted by molar-refractivity contribution is 0.306. The molecule has 0 spiro atoms. The highest BCUT2D eigenvalue weighted by Gasteiger charge is 2.10. The van der Waals surface area contributed by atoms with Crippen molar-refractivity contribution in [2.45, 2.75) is 6.61 Å². The number of ether oxygens (including phenoxy) is 2. The van der Waals surface area contributed by atoms with Gasteiger partial charge >= 0.3 is 0 Å². The predicted octanol–water partition coefficient (Wildman–Crippen LogP) is 7.21. The average molecular weight is 441 g/mol. The van der Waals surface area contributed by atoms with Gasteiger partial charge in [-0.15, -0.1) is 0 Å². The molecule has 0 saturated carbocycles. The van der Waals surface area contributed by atoms with E-state index in [4.69, 9.17) is 31.9 Å². The Morgan fingerprint density at radius 3 is 2.28 bits per heavy atom. The zero-order chi connectivity index (χ0) is 22.3. The lowest BCUT2D eigenvalue weighted by atomic mass is 10.0. The van der Waals surface area contributed by atoms with Crippen molar-refractivity contribution in [3.63, 3.8) is 0 Å². The minimum atomic E-state index is -0.111. The van der Waals surface area contributed by atoms with Crippen molar-refractivity contribution >= 4 is 46.3 Å². The van der Waals surface area contributed by atoms with Crippen molar-refractivity contribution in [2.24, 2.45) is 0 Å². The Morgan fingerprint density at radius 2 is 1.56 bits per heavy atom. The maximum absolute atomic E-state index is 8.19. The van der Waals surface area contributed by atoms with E-state index >= 15 is 0 Å². The first kappa shape index (κ1) is 21.3. The first-order valence-electron chi connectivity index (χ1n) is 10.0. The fraction of sp³-hybridized carbons (Fsp3) is 0.0370. The Bertz CT molecular complexity index is 1280. The van der Waals surface area contributed by atoms with E-state index in [-0.39, 0.29) is 5.90 Å². The minimum absolute atomic E-state index is 0.111. The van der Waals surface area contributed by atoms with Crippen LogP contribution < -0.4 is 4.74 Å². The van der Waals surface area contributed by atoms with Gasteiger partial charge in [-0.05, 0) is 63.9 Å². The van der Waals surface area contributed by atoms with Crippen LogP contribution in [-0.4, -0.2) is 12.3 Å². The van der Waals surface area contributed by atoms with Crippen molar-refractivity contribution < 1.29 is 9.47 Å². The van der Waals surface area contributed by atoms with Crippen molar-refractivity contribution in [3.8, 4) is 5.75 Å². The SMILES string of the molecule is N=COC(=N)C(=Cc1ccc(Cl)cc1)c1ccc(OCc2ccc3ccccc3c2)cc1. The molecular formula is C27H21ClN2O2. The normalized spacial score (nSPS) is 11.2. The summed E-state index contributed by atoms with van der Waals surface area (Å²) in [7, 11) is 0. The molecule has 4 rings (SSSR count). The molecule has 0 saturated heterocycles. The van der Waals surface area contributed by atoms with Crippen LogP contribution in [-0.2, 0) is 11.3 Å². The Kier molecular flexibility index (Phi) is 6.63. The van der Waals surface area contributed by atoms with E-state index < -0.39 is 0 Å². The highest BCUT2D eigenvalue weighted by atomic mass is 35.5. The summed E-state index contributed by atoms with van der Waals surface area (Å²) in [4.78, 5) is 0. The lowest BCUT2D eigenvalue weighted by Gasteiger charge is -2.11. The molecule has 4 aromatic rings. The van der Waals surface area contributed by atoms with Crippen LogP contribution in [0.3, 0.4) is 0 Å². The number of nitrogens with one attached hydrogen (secondary N) is 2. The van der Waals surface area contributed by atoms with Crippen molar-refractivity contribution in [1.29, 1.82) is 10.8 Å². The molecule has 4 aromatic carbocycles. The molecule has 0 aliphatic heterocycles. The molecule has 5 heteroatoms. The standard InChI is InChI=1S/C27H21ClN2O2/c28-24-11-6-19(7-12-24)16-26(27(30)32-18-29)22-9-13-25(14-10-22)31-17-20-5-8-21-3-1-2-4-23(21)15-20/h1-16,18,29-30H,17H2. The van der Waals surface area contributed by atoms with Crippen molar-refractivity contribution in [2.75, 3.05) is 0 Å². The molecule has 0 heterocycles. The number of hydrogen-bond acceptors (Lipinski definition) is 4. The fourth-order valence-electron chi connectivity index (χ4n) is 3.35. The third-order valence-electron chi connectivity index (χ3n) is 4.99. The second-order valence-corrected chi connectivity index (χ2v) is 7.61. The number of fused-ring (bicyclic) bond motifs is 1. The second-order valence-electron chi connectivity index (χ2n) is 7.17. The molecule has 0 aliphatic rings. The molecule has 0 radical (unpaired) electrons. The van der Waals surface area contributed by atoms with E-state index in [1.165, 1.54) is 10.8 Å². The van der Waals surface area contributed by atoms with Crippen LogP contribution >= 0.6 is 11.6 Å². The monoisotopic (exact) mass is 440 g/mol. The molecule has 32 heavy (non-hydrogen) atoms. The summed E-state index contributed by atoms with van der Waals surface area (Å²) in [6.07, 6.45) is 2.58. The van der Waals surface area contributed by atoms with Gasteiger partial charge in [-0.25, -0.2) is 0 Å². The summed E-state index contributed by atoms with van der Waals surface area (Å²) in [5, 5.41) is 18.4. The van der Waals surface area contributed by atoms with Gasteiger partial charge in [-0.2, -0.15) is 0 Å². The van der Waals surface area contributed by atoms with Crippen LogP contribution in [0.2, 0.25) is 5.02 Å². The summed E-state index contributed by atoms with van der Waals surface area (Å²) in [6.45, 7) is 0.463. The van der Waals surface area contributed by atoms with Crippen LogP contribution in [0.1, 0.15) is 16.7 Å². The van der Waals surface area contributed by atoms with E-state index in [0.29, 0.717) is 17.2 Å². The van der Waals surface area contributed by atoms with E-state index in [2.05, 4.69) is 30.3 Å². The van der Waals surface area contributed by atoms with Crippen molar-refractivity contribution in [3.05, 3.63) is 113 Å². The molecule has 0 aliphatic carbocycles. The molecule has 0 fully saturated rings. The van der Waals surface area contributed by atoms with Gasteiger partial charge in [0.05, 0.1) is 0 Å². The minimum Gasteiger partial charge on any atom is -0.489 e. The highest BCUT2D eigenvalue weighted by Crippen LogP contribution is 2.24. The summed E-state index contributed by atoms with van der Waals surface area (Å²) >= 11 is 5.97. The first-order valence-corrected chi connectivity index (χ1v) is 10.4. The Hall–Kier alpha value is -3.89. The molecule has 0 unspecified atom stereocenters. The van der Waals surface area contributed by atoms with Gasteiger partial charge in [0.25, 0.3) is 0 Å². The quantitative estimate of drug-likeness (QED) is 0.181. The third kappa shape index (κ3) is 5.23. The largest absolute Gasteiger partial charge is 0.489 e. The number of rotatable bonds is 7. The summed E-state index contributed by atoms with van der Waals surface area (Å²) in [6, 6.07) is 29.3. The molecule has 0 amide bonds. The Labute approximate surface area is 191 Å². The second kappa shape index (κ2) is 9.94. The van der Waals surface area contributed by atoms with Crippen LogP contribution in [0.4, 0.5) is 0 Å². The summed E-state index contributed by atoms with van der Waals surface area (Å²) in [5.74, 6) is 0.618. The highest BCUT2D eigenvalue weighted by molar-refractivity contribution is 6.30. The van der Waals surface area contributed by atoms with E-state index in [0.717, 1.165) is 28.8 Å². The Morgan fingerprint density at radius 1 is 0.844 bits per heavy atom. The van der Waals surface area contributed by atoms with Crippen molar-refractivity contribution in [1.82, 2.24) is 0 Å². The smallest absolute Gasteiger partial charge is 0.221 e. The van der Waals surface area contributed by atoms with Gasteiger partial charge in [0.1, 0.15) is 12.4 Å². The van der Waals surface area contributed by atoms with Crippen LogP contribution in [0.25, 0.3) is 22.4 Å². The van der Waals surface area contributed by atoms with Crippen LogP contribution in [0.15, 0.2) is 91.0 Å². The molecule has 0 atom stereocenters. The maximum Gasteiger partial charge on any atom is 0.221 e. The molecule has 0 bridgehead atoms. The molecular weight excluding hydrogens is 420 g/mol. The Balaban J connectivity index is 1.52. The molecule has 158 valence electrons. The van der Waals surface area contributed by atoms with Crippen LogP contribution in [0.5, 0.6) is 5.75 Å². The van der Waals surface area contributed by atoms with E-state index in [1.54, 1.807) is 12.1 Å². The van der Waals surface area contributed by atoms with Gasteiger partial charge in [0, 0.05) is 10.6 Å². The average Bonchev–Trinajstić information content (AvgIpc) is 2.83. The number of halogens is 1. The zero-order valence-corrected chi connectivity index (χ0v) is 18.0. The molecule has 2 N–H and O–H groups in total. The summed E-state index contributed by atoms with van der Waals surface area (Å²) < 4.78 is 11.0. The maximum atomic E-state index is 8.19. The fourth-order valence-corrected chi connectivity index (χ4v) is 3.48. The molecule has 4 nitrogen and oxygen atoms in total. The third-order valence-corrected chi connectivity index (χ3v) is 5.24. The van der Waals surface area contributed by atoms with Gasteiger partial charge in [-0.3, -0.25) is 10.8 Å². The first-order chi connectivity index (χ1) is 15.6. The summed E-state index contributed by atoms with van der Waals surface area (Å²) in [5.41, 5.74) is 3.30. The van der Waals surface area contributed by atoms with Gasteiger partial charge in [0.2, 0.25) is 5.90 Å². The van der Waals surface area contributed by atoms with Gasteiger partial charge in [-0.1, -0.05) is 72.3 Å². The van der Waals surface area contributed by atoms with E-state index in [9.17, 15) is 0 Å². The van der Waals surface area contributed by atoms with E-state index in [1.807, 2.05) is 54.6 Å². The van der Waals surface area contributed by atoms with Crippen LogP contribution in [0, 0.1) is 10.8 Å². The predicted molar refractivity (Wildman–Crippen MR) is 132 cm³/mol. The molecule has 0 aromatic heterocycles. The van der Waals surface area contributed by atoms with Gasteiger partial charge < -0.3 is 9.47 Å². The number of benzene rings is 4. The topological polar surface area (TPSA) is 66.2 Å². The van der Waals surface area contributed by atoms with Gasteiger partial charge in [0.15, 0.2) is 6.40 Å².